The largest absolute Gasteiger partial charge is 0.489 e. The molecule has 1 amide bonds. The van der Waals surface area contributed by atoms with Crippen LogP contribution < -0.4 is 10.1 Å². The van der Waals surface area contributed by atoms with Gasteiger partial charge >= 0.3 is 0 Å². The number of hydrogen-bond donors (Lipinski definition) is 1. The van der Waals surface area contributed by atoms with Gasteiger partial charge in [-0.1, -0.05) is 30.9 Å². The first-order valence-electron chi connectivity index (χ1n) is 8.76. The lowest BCUT2D eigenvalue weighted by molar-refractivity contribution is -0.130. The number of ether oxygens (including phenoxy) is 1. The van der Waals surface area contributed by atoms with Crippen LogP contribution in [0.2, 0.25) is 0 Å². The third-order valence-corrected chi connectivity index (χ3v) is 4.09. The Hall–Kier alpha value is -2.50. The van der Waals surface area contributed by atoms with Crippen molar-refractivity contribution in [1.82, 2.24) is 15.1 Å². The summed E-state index contributed by atoms with van der Waals surface area (Å²) in [5, 5.41) is 3.34. The van der Waals surface area contributed by atoms with Gasteiger partial charge in [0.15, 0.2) is 5.96 Å². The number of amides is 1. The summed E-state index contributed by atoms with van der Waals surface area (Å²) in [5.74, 6) is 1.85. The van der Waals surface area contributed by atoms with Crippen molar-refractivity contribution in [3.05, 3.63) is 42.5 Å². The Morgan fingerprint density at radius 1 is 1.28 bits per heavy atom. The lowest BCUT2D eigenvalue weighted by atomic mass is 10.2. The molecule has 1 heterocycles. The summed E-state index contributed by atoms with van der Waals surface area (Å²) in [5.41, 5.74) is 1.04. The fourth-order valence-corrected chi connectivity index (χ4v) is 2.74. The van der Waals surface area contributed by atoms with Gasteiger partial charge in [0, 0.05) is 45.2 Å². The van der Waals surface area contributed by atoms with Crippen LogP contribution in [0.25, 0.3) is 0 Å². The Bertz CT molecular complexity index is 607. The number of carbonyl (C=O) groups is 1. The highest BCUT2D eigenvalue weighted by molar-refractivity contribution is 5.80. The van der Waals surface area contributed by atoms with Crippen molar-refractivity contribution < 1.29 is 9.53 Å². The number of rotatable bonds is 6. The Morgan fingerprint density at radius 3 is 2.60 bits per heavy atom. The number of guanidine groups is 1. The molecule has 2 rings (SSSR count). The highest BCUT2D eigenvalue weighted by atomic mass is 16.5. The zero-order chi connectivity index (χ0) is 18.1. The van der Waals surface area contributed by atoms with E-state index < -0.39 is 0 Å². The van der Waals surface area contributed by atoms with E-state index in [4.69, 9.17) is 9.73 Å². The van der Waals surface area contributed by atoms with Gasteiger partial charge in [0.05, 0.1) is 6.54 Å². The number of piperazine rings is 1. The van der Waals surface area contributed by atoms with E-state index in [1.165, 1.54) is 0 Å². The van der Waals surface area contributed by atoms with Crippen LogP contribution >= 0.6 is 0 Å². The topological polar surface area (TPSA) is 57.2 Å². The third kappa shape index (κ3) is 5.52. The average molecular weight is 344 g/mol. The molecule has 1 aromatic carbocycles. The minimum Gasteiger partial charge on any atom is -0.489 e. The summed E-state index contributed by atoms with van der Waals surface area (Å²) in [6, 6.07) is 7.92. The molecule has 0 bridgehead atoms. The zero-order valence-electron chi connectivity index (χ0n) is 15.2. The molecule has 0 unspecified atom stereocenters. The second kappa shape index (κ2) is 9.71. The predicted octanol–water partition coefficient (Wildman–Crippen LogP) is 1.88. The van der Waals surface area contributed by atoms with E-state index in [-0.39, 0.29) is 5.91 Å². The number of benzene rings is 1. The van der Waals surface area contributed by atoms with Gasteiger partial charge in [-0.15, -0.1) is 0 Å². The normalized spacial score (nSPS) is 15.0. The minimum atomic E-state index is 0.134. The average Bonchev–Trinajstić information content (AvgIpc) is 2.64. The van der Waals surface area contributed by atoms with Crippen molar-refractivity contribution in [1.29, 1.82) is 0 Å². The number of para-hydroxylation sites is 1. The lowest BCUT2D eigenvalue weighted by Crippen LogP contribution is -2.53. The molecule has 0 saturated carbocycles. The second-order valence-electron chi connectivity index (χ2n) is 5.87. The van der Waals surface area contributed by atoms with Crippen molar-refractivity contribution in [2.24, 2.45) is 4.99 Å². The molecule has 0 atom stereocenters. The molecule has 1 aliphatic heterocycles. The lowest BCUT2D eigenvalue weighted by Gasteiger charge is -2.36. The van der Waals surface area contributed by atoms with Crippen LogP contribution in [0.1, 0.15) is 19.4 Å². The van der Waals surface area contributed by atoms with Gasteiger partial charge in [-0.25, -0.2) is 4.99 Å². The standard InChI is InChI=1S/C19H28N4O2/c1-4-14-25-18-9-7-6-8-17(18)15-21-19(20-5-2)23-12-10-22(11-13-23)16(3)24/h4,6-9H,1,5,10-15H2,2-3H3,(H,20,21). The number of aliphatic imine (C=N–C) groups is 1. The number of carbonyl (C=O) groups excluding carboxylic acids is 1. The van der Waals surface area contributed by atoms with Crippen LogP contribution in [0.15, 0.2) is 41.9 Å². The van der Waals surface area contributed by atoms with Crippen molar-refractivity contribution >= 4 is 11.9 Å². The van der Waals surface area contributed by atoms with Gasteiger partial charge < -0.3 is 19.9 Å². The zero-order valence-corrected chi connectivity index (χ0v) is 15.2. The Labute approximate surface area is 150 Å². The van der Waals surface area contributed by atoms with E-state index in [0.717, 1.165) is 50.0 Å². The summed E-state index contributed by atoms with van der Waals surface area (Å²) < 4.78 is 5.70. The highest BCUT2D eigenvalue weighted by Crippen LogP contribution is 2.19. The fourth-order valence-electron chi connectivity index (χ4n) is 2.74. The van der Waals surface area contributed by atoms with Crippen molar-refractivity contribution in [2.75, 3.05) is 39.3 Å². The van der Waals surface area contributed by atoms with Gasteiger partial charge in [0.1, 0.15) is 12.4 Å². The van der Waals surface area contributed by atoms with Crippen LogP contribution in [0, 0.1) is 0 Å². The summed E-state index contributed by atoms with van der Waals surface area (Å²) >= 11 is 0. The molecule has 1 aliphatic rings. The monoisotopic (exact) mass is 344 g/mol. The molecule has 0 spiro atoms. The summed E-state index contributed by atoms with van der Waals surface area (Å²) in [4.78, 5) is 20.3. The molecule has 0 radical (unpaired) electrons. The van der Waals surface area contributed by atoms with E-state index in [1.54, 1.807) is 13.0 Å². The molecule has 0 aromatic heterocycles. The molecule has 1 saturated heterocycles. The van der Waals surface area contributed by atoms with Crippen LogP contribution in [-0.2, 0) is 11.3 Å². The van der Waals surface area contributed by atoms with Crippen LogP contribution in [-0.4, -0.2) is 61.0 Å². The maximum Gasteiger partial charge on any atom is 0.219 e. The SMILES string of the molecule is C=CCOc1ccccc1CN=C(NCC)N1CCN(C(C)=O)CC1. The molecule has 136 valence electrons. The minimum absolute atomic E-state index is 0.134. The summed E-state index contributed by atoms with van der Waals surface area (Å²) in [7, 11) is 0. The molecular weight excluding hydrogens is 316 g/mol. The first-order valence-corrected chi connectivity index (χ1v) is 8.76. The summed E-state index contributed by atoms with van der Waals surface area (Å²) in [6.45, 7) is 12.2. The molecule has 0 aliphatic carbocycles. The van der Waals surface area contributed by atoms with Crippen LogP contribution in [0.4, 0.5) is 0 Å². The van der Waals surface area contributed by atoms with Gasteiger partial charge in [-0.2, -0.15) is 0 Å². The highest BCUT2D eigenvalue weighted by Gasteiger charge is 2.20. The fraction of sp³-hybridized carbons (Fsp3) is 0.474. The van der Waals surface area contributed by atoms with Crippen molar-refractivity contribution in [2.45, 2.75) is 20.4 Å². The molecule has 1 aromatic rings. The van der Waals surface area contributed by atoms with E-state index >= 15 is 0 Å². The molecular formula is C19H28N4O2. The predicted molar refractivity (Wildman–Crippen MR) is 101 cm³/mol. The number of hydrogen-bond acceptors (Lipinski definition) is 3. The molecule has 1 N–H and O–H groups in total. The molecule has 25 heavy (non-hydrogen) atoms. The van der Waals surface area contributed by atoms with E-state index in [0.29, 0.717) is 13.2 Å². The van der Waals surface area contributed by atoms with Crippen LogP contribution in [0.3, 0.4) is 0 Å². The maximum absolute atomic E-state index is 11.5. The molecule has 6 nitrogen and oxygen atoms in total. The number of nitrogens with zero attached hydrogens (tertiary/aromatic N) is 3. The Kier molecular flexibility index (Phi) is 7.32. The van der Waals surface area contributed by atoms with Crippen LogP contribution in [0.5, 0.6) is 5.75 Å². The first kappa shape index (κ1) is 18.8. The van der Waals surface area contributed by atoms with E-state index in [1.807, 2.05) is 29.2 Å². The van der Waals surface area contributed by atoms with Crippen molar-refractivity contribution in [3.8, 4) is 5.75 Å². The smallest absolute Gasteiger partial charge is 0.219 e. The number of nitrogens with one attached hydrogen (secondary N) is 1. The van der Waals surface area contributed by atoms with E-state index in [2.05, 4.69) is 23.7 Å². The molecule has 1 fully saturated rings. The summed E-state index contributed by atoms with van der Waals surface area (Å²) in [6.07, 6.45) is 1.73. The van der Waals surface area contributed by atoms with Crippen molar-refractivity contribution in [3.63, 3.8) is 0 Å². The first-order chi connectivity index (χ1) is 12.2. The second-order valence-corrected chi connectivity index (χ2v) is 5.87. The Balaban J connectivity index is 2.05. The van der Waals surface area contributed by atoms with E-state index in [9.17, 15) is 4.79 Å². The third-order valence-electron chi connectivity index (χ3n) is 4.09. The van der Waals surface area contributed by atoms with Gasteiger partial charge in [0.2, 0.25) is 5.91 Å². The van der Waals surface area contributed by atoms with Gasteiger partial charge in [-0.05, 0) is 13.0 Å². The van der Waals surface area contributed by atoms with Gasteiger partial charge in [-0.3, -0.25) is 4.79 Å². The maximum atomic E-state index is 11.5. The Morgan fingerprint density at radius 2 is 1.96 bits per heavy atom. The molecule has 6 heteroatoms. The van der Waals surface area contributed by atoms with Gasteiger partial charge in [0.25, 0.3) is 0 Å². The quantitative estimate of drug-likeness (QED) is 0.486.